The first kappa shape index (κ1) is 26.1. The summed E-state index contributed by atoms with van der Waals surface area (Å²) in [6.07, 6.45) is 0. The van der Waals surface area contributed by atoms with E-state index in [-0.39, 0.29) is 10.8 Å². The molecule has 1 aliphatic heterocycles. The molecule has 1 fully saturated rings. The standard InChI is InChI=1S/C28H31N5O3S2/c1-20-18-21(2)26-25(19-20)30-28(37-26)33-16-14-32(15-17-33)13-12-29-27(34)22-8-10-23(11-9-22)31-38(35,36)24-6-4-3-5-7-24/h3-11,18-19,31H,12-17H2,1-2H3,(H,29,34). The second-order valence-corrected chi connectivity index (χ2v) is 12.2. The van der Waals surface area contributed by atoms with Crippen LogP contribution in [-0.4, -0.2) is 63.5 Å². The Morgan fingerprint density at radius 3 is 2.39 bits per heavy atom. The fourth-order valence-electron chi connectivity index (χ4n) is 4.60. The number of carbonyl (C=O) groups excluding carboxylic acids is 1. The predicted octanol–water partition coefficient (Wildman–Crippen LogP) is 4.27. The number of hydrogen-bond donors (Lipinski definition) is 2. The molecule has 1 aromatic heterocycles. The Bertz CT molecular complexity index is 1530. The van der Waals surface area contributed by atoms with E-state index in [4.69, 9.17) is 4.98 Å². The number of nitrogens with one attached hydrogen (secondary N) is 2. The Hall–Kier alpha value is -3.47. The average molecular weight is 550 g/mol. The van der Waals surface area contributed by atoms with Gasteiger partial charge in [-0.1, -0.05) is 35.6 Å². The number of hydrogen-bond acceptors (Lipinski definition) is 7. The molecule has 4 aromatic rings. The summed E-state index contributed by atoms with van der Waals surface area (Å²) in [5, 5.41) is 4.05. The van der Waals surface area contributed by atoms with Crippen molar-refractivity contribution in [3.8, 4) is 0 Å². The summed E-state index contributed by atoms with van der Waals surface area (Å²) >= 11 is 1.76. The highest BCUT2D eigenvalue weighted by molar-refractivity contribution is 7.92. The second kappa shape index (κ2) is 11.1. The van der Waals surface area contributed by atoms with Crippen LogP contribution in [0.3, 0.4) is 0 Å². The highest BCUT2D eigenvalue weighted by atomic mass is 32.2. The summed E-state index contributed by atoms with van der Waals surface area (Å²) < 4.78 is 28.8. The average Bonchev–Trinajstić information content (AvgIpc) is 3.34. The number of benzene rings is 3. The number of thiazole rings is 1. The Kier molecular flexibility index (Phi) is 7.64. The third-order valence-corrected chi connectivity index (χ3v) is 9.28. The van der Waals surface area contributed by atoms with Crippen LogP contribution in [0.1, 0.15) is 21.5 Å². The predicted molar refractivity (Wildman–Crippen MR) is 154 cm³/mol. The van der Waals surface area contributed by atoms with Gasteiger partial charge in [0, 0.05) is 50.5 Å². The molecule has 1 aliphatic rings. The Morgan fingerprint density at radius 2 is 1.68 bits per heavy atom. The zero-order chi connectivity index (χ0) is 26.7. The molecule has 3 aromatic carbocycles. The van der Waals surface area contributed by atoms with E-state index >= 15 is 0 Å². The van der Waals surface area contributed by atoms with Crippen LogP contribution in [0.5, 0.6) is 0 Å². The number of sulfonamides is 1. The maximum atomic E-state index is 12.6. The van der Waals surface area contributed by atoms with E-state index in [1.54, 1.807) is 53.8 Å². The van der Waals surface area contributed by atoms with E-state index < -0.39 is 10.0 Å². The van der Waals surface area contributed by atoms with Crippen molar-refractivity contribution in [3.63, 3.8) is 0 Å². The topological polar surface area (TPSA) is 94.6 Å². The van der Waals surface area contributed by atoms with E-state index in [1.165, 1.54) is 28.0 Å². The van der Waals surface area contributed by atoms with Crippen molar-refractivity contribution in [2.75, 3.05) is 48.9 Å². The zero-order valence-corrected chi connectivity index (χ0v) is 23.1. The molecule has 0 unspecified atom stereocenters. The molecule has 1 amide bonds. The van der Waals surface area contributed by atoms with Crippen LogP contribution in [-0.2, 0) is 10.0 Å². The fourth-order valence-corrected chi connectivity index (χ4v) is 6.74. The van der Waals surface area contributed by atoms with Crippen LogP contribution in [0.2, 0.25) is 0 Å². The number of rotatable bonds is 8. The van der Waals surface area contributed by atoms with Gasteiger partial charge < -0.3 is 10.2 Å². The van der Waals surface area contributed by atoms with Crippen molar-refractivity contribution in [1.82, 2.24) is 15.2 Å². The Labute approximate surface area is 227 Å². The smallest absolute Gasteiger partial charge is 0.261 e. The Balaban J connectivity index is 1.08. The molecule has 5 rings (SSSR count). The van der Waals surface area contributed by atoms with Crippen LogP contribution >= 0.6 is 11.3 Å². The number of piperazine rings is 1. The molecule has 0 saturated carbocycles. The maximum absolute atomic E-state index is 12.6. The normalized spacial score (nSPS) is 14.5. The van der Waals surface area contributed by atoms with Gasteiger partial charge in [0.15, 0.2) is 5.13 Å². The van der Waals surface area contributed by atoms with Gasteiger partial charge >= 0.3 is 0 Å². The van der Waals surface area contributed by atoms with Crippen molar-refractivity contribution in [2.45, 2.75) is 18.7 Å². The third-order valence-electron chi connectivity index (χ3n) is 6.62. The number of nitrogens with zero attached hydrogens (tertiary/aromatic N) is 3. The summed E-state index contributed by atoms with van der Waals surface area (Å²) in [7, 11) is -3.67. The van der Waals surface area contributed by atoms with E-state index in [0.717, 1.165) is 43.4 Å². The minimum Gasteiger partial charge on any atom is -0.351 e. The highest BCUT2D eigenvalue weighted by Gasteiger charge is 2.20. The number of carbonyl (C=O) groups is 1. The molecule has 0 spiro atoms. The SMILES string of the molecule is Cc1cc(C)c2sc(N3CCN(CCNC(=O)c4ccc(NS(=O)(=O)c5ccccc5)cc4)CC3)nc2c1. The summed E-state index contributed by atoms with van der Waals surface area (Å²) in [4.78, 5) is 22.4. The summed E-state index contributed by atoms with van der Waals surface area (Å²) in [5.41, 5.74) is 4.48. The number of aromatic nitrogens is 1. The van der Waals surface area contributed by atoms with Crippen molar-refractivity contribution in [3.05, 3.63) is 83.4 Å². The molecule has 0 bridgehead atoms. The van der Waals surface area contributed by atoms with Gasteiger partial charge in [-0.25, -0.2) is 13.4 Å². The molecule has 2 N–H and O–H groups in total. The van der Waals surface area contributed by atoms with Crippen molar-refractivity contribution < 1.29 is 13.2 Å². The quantitative estimate of drug-likeness (QED) is 0.341. The molecule has 0 radical (unpaired) electrons. The van der Waals surface area contributed by atoms with Crippen LogP contribution < -0.4 is 14.9 Å². The fraction of sp³-hybridized carbons (Fsp3) is 0.286. The number of fused-ring (bicyclic) bond motifs is 1. The lowest BCUT2D eigenvalue weighted by Gasteiger charge is -2.34. The summed E-state index contributed by atoms with van der Waals surface area (Å²) in [6.45, 7) is 9.21. The molecular weight excluding hydrogens is 518 g/mol. The van der Waals surface area contributed by atoms with Crippen molar-refractivity contribution in [2.24, 2.45) is 0 Å². The van der Waals surface area contributed by atoms with E-state index in [1.807, 2.05) is 0 Å². The van der Waals surface area contributed by atoms with E-state index in [0.29, 0.717) is 17.8 Å². The second-order valence-electron chi connectivity index (χ2n) is 9.51. The van der Waals surface area contributed by atoms with Crippen LogP contribution in [0.15, 0.2) is 71.6 Å². The van der Waals surface area contributed by atoms with Crippen LogP contribution in [0, 0.1) is 13.8 Å². The van der Waals surface area contributed by atoms with Crippen molar-refractivity contribution >= 4 is 48.3 Å². The van der Waals surface area contributed by atoms with Crippen molar-refractivity contribution in [1.29, 1.82) is 0 Å². The van der Waals surface area contributed by atoms with Gasteiger partial charge in [-0.15, -0.1) is 0 Å². The van der Waals surface area contributed by atoms with Gasteiger partial charge in [0.25, 0.3) is 15.9 Å². The monoisotopic (exact) mass is 549 g/mol. The number of aryl methyl sites for hydroxylation is 2. The van der Waals surface area contributed by atoms with Gasteiger partial charge in [-0.2, -0.15) is 0 Å². The molecule has 8 nitrogen and oxygen atoms in total. The number of anilines is 2. The summed E-state index contributed by atoms with van der Waals surface area (Å²) in [6, 6.07) is 19.0. The number of amides is 1. The van der Waals surface area contributed by atoms with Gasteiger partial charge in [-0.05, 0) is 67.4 Å². The molecule has 2 heterocycles. The Morgan fingerprint density at radius 1 is 0.974 bits per heavy atom. The first-order valence-electron chi connectivity index (χ1n) is 12.6. The van der Waals surface area contributed by atoms with Gasteiger partial charge in [0.2, 0.25) is 0 Å². The molecule has 0 aliphatic carbocycles. The summed E-state index contributed by atoms with van der Waals surface area (Å²) in [5.74, 6) is -0.179. The first-order valence-corrected chi connectivity index (χ1v) is 14.9. The van der Waals surface area contributed by atoms with E-state index in [9.17, 15) is 13.2 Å². The van der Waals surface area contributed by atoms with E-state index in [2.05, 4.69) is 45.8 Å². The van der Waals surface area contributed by atoms with Crippen LogP contribution in [0.4, 0.5) is 10.8 Å². The van der Waals surface area contributed by atoms with Gasteiger partial charge in [0.05, 0.1) is 15.1 Å². The molecule has 198 valence electrons. The molecule has 0 atom stereocenters. The van der Waals surface area contributed by atoms with Crippen LogP contribution in [0.25, 0.3) is 10.2 Å². The molecular formula is C28H31N5O3S2. The molecule has 10 heteroatoms. The molecule has 38 heavy (non-hydrogen) atoms. The maximum Gasteiger partial charge on any atom is 0.261 e. The first-order chi connectivity index (χ1) is 18.3. The largest absolute Gasteiger partial charge is 0.351 e. The lowest BCUT2D eigenvalue weighted by atomic mass is 10.1. The minimum absolute atomic E-state index is 0.179. The van der Waals surface area contributed by atoms with Gasteiger partial charge in [-0.3, -0.25) is 14.4 Å². The molecule has 1 saturated heterocycles. The van der Waals surface area contributed by atoms with Gasteiger partial charge in [0.1, 0.15) is 0 Å². The third kappa shape index (κ3) is 5.98. The highest BCUT2D eigenvalue weighted by Crippen LogP contribution is 2.32. The lowest BCUT2D eigenvalue weighted by Crippen LogP contribution is -2.48. The zero-order valence-electron chi connectivity index (χ0n) is 21.5. The lowest BCUT2D eigenvalue weighted by molar-refractivity contribution is 0.0948. The minimum atomic E-state index is -3.67.